The first kappa shape index (κ1) is 23.4. The Balaban J connectivity index is 2.07. The number of benzene rings is 1. The van der Waals surface area contributed by atoms with Crippen molar-refractivity contribution in [3.05, 3.63) is 66.5 Å². The molecule has 32 heavy (non-hydrogen) atoms. The van der Waals surface area contributed by atoms with Gasteiger partial charge in [-0.3, -0.25) is 4.99 Å². The molecule has 0 saturated carbocycles. The van der Waals surface area contributed by atoms with E-state index in [1.165, 1.54) is 0 Å². The average molecular weight is 434 g/mol. The Morgan fingerprint density at radius 3 is 2.69 bits per heavy atom. The first-order chi connectivity index (χ1) is 15.4. The normalized spacial score (nSPS) is 16.0. The van der Waals surface area contributed by atoms with E-state index in [4.69, 9.17) is 9.72 Å². The van der Waals surface area contributed by atoms with Gasteiger partial charge in [0.1, 0.15) is 11.4 Å². The van der Waals surface area contributed by atoms with Gasteiger partial charge in [0.05, 0.1) is 19.8 Å². The molecule has 1 aromatic heterocycles. The molecule has 3 rings (SSSR count). The maximum absolute atomic E-state index is 9.92. The topological polar surface area (TPSA) is 82.9 Å². The molecule has 7 heteroatoms. The highest BCUT2D eigenvalue weighted by molar-refractivity contribution is 6.11. The highest BCUT2D eigenvalue weighted by atomic mass is 16.5. The van der Waals surface area contributed by atoms with Crippen molar-refractivity contribution in [2.24, 2.45) is 4.99 Å². The van der Waals surface area contributed by atoms with Gasteiger partial charge in [-0.2, -0.15) is 0 Å². The summed E-state index contributed by atoms with van der Waals surface area (Å²) in [6, 6.07) is 8.05. The number of hydrogen-bond acceptors (Lipinski definition) is 7. The van der Waals surface area contributed by atoms with Crippen LogP contribution in [0.5, 0.6) is 0 Å². The average Bonchev–Trinajstić information content (AvgIpc) is 2.78. The Bertz CT molecular complexity index is 1050. The predicted octanol–water partition coefficient (Wildman–Crippen LogP) is 3.51. The molecule has 0 unspecified atom stereocenters. The van der Waals surface area contributed by atoms with Crippen molar-refractivity contribution in [3.63, 3.8) is 0 Å². The van der Waals surface area contributed by atoms with Crippen molar-refractivity contribution < 1.29 is 9.84 Å². The lowest BCUT2D eigenvalue weighted by atomic mass is 9.97. The lowest BCUT2D eigenvalue weighted by Gasteiger charge is -2.41. The lowest BCUT2D eigenvalue weighted by Crippen LogP contribution is -2.58. The van der Waals surface area contributed by atoms with Crippen molar-refractivity contribution >= 4 is 23.2 Å². The van der Waals surface area contributed by atoms with Crippen LogP contribution in [0.15, 0.2) is 60.4 Å². The summed E-state index contributed by atoms with van der Waals surface area (Å²) in [6.45, 7) is 6.67. The van der Waals surface area contributed by atoms with Crippen LogP contribution in [0.4, 0.5) is 5.82 Å². The van der Waals surface area contributed by atoms with Gasteiger partial charge >= 0.3 is 0 Å². The van der Waals surface area contributed by atoms with Crippen molar-refractivity contribution in [1.82, 2.24) is 14.9 Å². The van der Waals surface area contributed by atoms with E-state index in [9.17, 15) is 5.11 Å². The zero-order valence-electron chi connectivity index (χ0n) is 19.2. The third-order valence-corrected chi connectivity index (χ3v) is 5.19. The van der Waals surface area contributed by atoms with Gasteiger partial charge < -0.3 is 20.1 Å². The van der Waals surface area contributed by atoms with E-state index >= 15 is 0 Å². The van der Waals surface area contributed by atoms with Crippen molar-refractivity contribution in [3.8, 4) is 11.4 Å². The second-order valence-electron chi connectivity index (χ2n) is 7.98. The molecular formula is C25H31N5O2. The van der Waals surface area contributed by atoms with Crippen molar-refractivity contribution in [1.29, 1.82) is 0 Å². The van der Waals surface area contributed by atoms with E-state index < -0.39 is 5.54 Å². The highest BCUT2D eigenvalue weighted by Crippen LogP contribution is 2.30. The smallest absolute Gasteiger partial charge is 0.161 e. The van der Waals surface area contributed by atoms with Crippen LogP contribution < -0.4 is 5.32 Å². The zero-order chi connectivity index (χ0) is 23.1. The second-order valence-corrected chi connectivity index (χ2v) is 7.98. The number of anilines is 1. The molecule has 1 aliphatic heterocycles. The van der Waals surface area contributed by atoms with E-state index in [0.717, 1.165) is 27.8 Å². The molecule has 2 N–H and O–H groups in total. The lowest BCUT2D eigenvalue weighted by molar-refractivity contribution is -0.0651. The quantitative estimate of drug-likeness (QED) is 0.465. The molecule has 2 heterocycles. The second kappa shape index (κ2) is 10.3. The van der Waals surface area contributed by atoms with Gasteiger partial charge in [0, 0.05) is 56.5 Å². The summed E-state index contributed by atoms with van der Waals surface area (Å²) in [6.07, 6.45) is 9.38. The number of aliphatic hydroxyl groups excluding tert-OH is 1. The van der Waals surface area contributed by atoms with Crippen LogP contribution in [0, 0.1) is 0 Å². The number of rotatable bonds is 9. The van der Waals surface area contributed by atoms with Crippen LogP contribution in [0.25, 0.3) is 22.5 Å². The Hall–Kier alpha value is -3.29. The summed E-state index contributed by atoms with van der Waals surface area (Å²) in [5.41, 5.74) is 4.09. The minimum absolute atomic E-state index is 0.0493. The molecular weight excluding hydrogens is 402 g/mol. The molecule has 0 spiro atoms. The molecule has 0 amide bonds. The number of nitrogens with one attached hydrogen (secondary N) is 1. The molecule has 7 nitrogen and oxygen atoms in total. The van der Waals surface area contributed by atoms with Crippen LogP contribution in [0.3, 0.4) is 0 Å². The summed E-state index contributed by atoms with van der Waals surface area (Å²) in [5, 5.41) is 13.3. The largest absolute Gasteiger partial charge is 0.394 e. The minimum Gasteiger partial charge on any atom is -0.394 e. The van der Waals surface area contributed by atoms with Crippen LogP contribution in [-0.2, 0) is 4.74 Å². The minimum atomic E-state index is -0.547. The van der Waals surface area contributed by atoms with Crippen LogP contribution in [-0.4, -0.2) is 72.7 Å². The van der Waals surface area contributed by atoms with Gasteiger partial charge in [0.15, 0.2) is 5.82 Å². The standard InChI is InChI=1S/C25H31N5O2/c1-6-18(12-26-3)22-13-27-23(28-24(22)29-25(15-31)16-32-17-25)21-10-8-9-20(11-21)19(7-2)14-30(4)5/h6-14,31H,2,15-17H2,1,3-5H3,(H,27,28,29)/b18-6+,19-14+,26-12-. The van der Waals surface area contributed by atoms with Crippen molar-refractivity contribution in [2.45, 2.75) is 12.5 Å². The fraction of sp³-hybridized carbons (Fsp3) is 0.320. The van der Waals surface area contributed by atoms with E-state index in [1.807, 2.05) is 68.5 Å². The Labute approximate surface area is 189 Å². The summed E-state index contributed by atoms with van der Waals surface area (Å²) in [7, 11) is 5.68. The molecule has 168 valence electrons. The molecule has 1 saturated heterocycles. The molecule has 1 aliphatic rings. The third-order valence-electron chi connectivity index (χ3n) is 5.19. The molecule has 2 aromatic rings. The van der Waals surface area contributed by atoms with Crippen LogP contribution >= 0.6 is 0 Å². The summed E-state index contributed by atoms with van der Waals surface area (Å²) >= 11 is 0. The van der Waals surface area contributed by atoms with Gasteiger partial charge in [-0.05, 0) is 24.1 Å². The SMILES string of the molecule is C=C/C(=C\N(C)C)c1cccc(-c2ncc(C(/C=N\C)=C/C)c(NC3(CO)COC3)n2)c1. The number of aliphatic imine (C=N–C) groups is 1. The van der Waals surface area contributed by atoms with Gasteiger partial charge in [0.2, 0.25) is 0 Å². The Morgan fingerprint density at radius 1 is 1.34 bits per heavy atom. The fourth-order valence-electron chi connectivity index (χ4n) is 3.43. The monoisotopic (exact) mass is 433 g/mol. The Morgan fingerprint density at radius 2 is 2.12 bits per heavy atom. The van der Waals surface area contributed by atoms with Crippen LogP contribution in [0.2, 0.25) is 0 Å². The van der Waals surface area contributed by atoms with E-state index in [1.54, 1.807) is 19.5 Å². The summed E-state index contributed by atoms with van der Waals surface area (Å²) in [5.74, 6) is 1.22. The van der Waals surface area contributed by atoms with Gasteiger partial charge in [-0.1, -0.05) is 36.9 Å². The first-order valence-electron chi connectivity index (χ1n) is 10.5. The fourth-order valence-corrected chi connectivity index (χ4v) is 3.43. The van der Waals surface area contributed by atoms with E-state index in [0.29, 0.717) is 24.9 Å². The molecule has 0 aliphatic carbocycles. The number of ether oxygens (including phenoxy) is 1. The maximum Gasteiger partial charge on any atom is 0.161 e. The summed E-state index contributed by atoms with van der Waals surface area (Å²) in [4.78, 5) is 15.6. The number of nitrogens with zero attached hydrogens (tertiary/aromatic N) is 4. The van der Waals surface area contributed by atoms with Gasteiger partial charge in [0.25, 0.3) is 0 Å². The molecule has 0 radical (unpaired) electrons. The predicted molar refractivity (Wildman–Crippen MR) is 132 cm³/mol. The summed E-state index contributed by atoms with van der Waals surface area (Å²) < 4.78 is 5.35. The van der Waals surface area contributed by atoms with Gasteiger partial charge in [-0.15, -0.1) is 0 Å². The third kappa shape index (κ3) is 5.12. The number of hydrogen-bond donors (Lipinski definition) is 2. The molecule has 0 bridgehead atoms. The van der Waals surface area contributed by atoms with Crippen LogP contribution in [0.1, 0.15) is 18.1 Å². The van der Waals surface area contributed by atoms with E-state index in [-0.39, 0.29) is 6.61 Å². The van der Waals surface area contributed by atoms with Crippen molar-refractivity contribution in [2.75, 3.05) is 46.3 Å². The zero-order valence-corrected chi connectivity index (χ0v) is 19.2. The highest BCUT2D eigenvalue weighted by Gasteiger charge is 2.39. The maximum atomic E-state index is 9.92. The molecule has 1 aromatic carbocycles. The van der Waals surface area contributed by atoms with Gasteiger partial charge in [-0.25, -0.2) is 9.97 Å². The van der Waals surface area contributed by atoms with E-state index in [2.05, 4.69) is 21.9 Å². The number of aromatic nitrogens is 2. The molecule has 0 atom stereocenters. The number of allylic oxidation sites excluding steroid dienone is 4. The number of aliphatic hydroxyl groups is 1. The Kier molecular flexibility index (Phi) is 7.56. The first-order valence-corrected chi connectivity index (χ1v) is 10.5. The molecule has 1 fully saturated rings.